The number of esters is 2. The van der Waals surface area contributed by atoms with Gasteiger partial charge in [-0.3, -0.25) is 23.4 Å². The second kappa shape index (κ2) is 40.8. The van der Waals surface area contributed by atoms with Crippen LogP contribution in [0.3, 0.4) is 0 Å². The van der Waals surface area contributed by atoms with Crippen LogP contribution in [0.5, 0.6) is 0 Å². The molecule has 0 aliphatic rings. The van der Waals surface area contributed by atoms with Crippen molar-refractivity contribution < 1.29 is 52.6 Å². The fraction of sp³-hybridized carbons (Fsp3) is 0.761. The highest BCUT2D eigenvalue weighted by Gasteiger charge is 2.28. The van der Waals surface area contributed by atoms with Crippen LogP contribution in [0.2, 0.25) is 0 Å². The zero-order chi connectivity index (χ0) is 43.7. The molecule has 59 heavy (non-hydrogen) atoms. The molecule has 4 atom stereocenters. The van der Waals surface area contributed by atoms with Gasteiger partial charge in [0, 0.05) is 12.8 Å². The third kappa shape index (κ3) is 40.6. The van der Waals surface area contributed by atoms with E-state index in [4.69, 9.17) is 24.8 Å². The Morgan fingerprint density at radius 1 is 0.610 bits per heavy atom. The molecule has 1 unspecified atom stereocenters. The lowest BCUT2D eigenvalue weighted by Crippen LogP contribution is -2.34. The Bertz CT molecular complexity index is 1210. The van der Waals surface area contributed by atoms with E-state index in [2.05, 4.69) is 24.4 Å². The number of hydrogen-bond donors (Lipinski definition) is 4. The van der Waals surface area contributed by atoms with Crippen molar-refractivity contribution in [3.8, 4) is 0 Å². The summed E-state index contributed by atoms with van der Waals surface area (Å²) in [5.74, 6) is -2.49. The average Bonchev–Trinajstić information content (AvgIpc) is 3.21. The van der Waals surface area contributed by atoms with Crippen molar-refractivity contribution in [2.24, 2.45) is 5.73 Å². The lowest BCUT2D eigenvalue weighted by atomic mass is 10.0. The summed E-state index contributed by atoms with van der Waals surface area (Å²) < 4.78 is 32.6. The van der Waals surface area contributed by atoms with Crippen LogP contribution in [0.15, 0.2) is 48.6 Å². The molecular formula is C46H82NO11P. The maximum absolute atomic E-state index is 12.6. The summed E-state index contributed by atoms with van der Waals surface area (Å²) in [6.07, 6.45) is 42.1. The smallest absolute Gasteiger partial charge is 0.472 e. The number of aliphatic hydroxyl groups excluding tert-OH is 1. The quantitative estimate of drug-likeness (QED) is 0.0150. The molecule has 13 heteroatoms. The first-order valence-corrected chi connectivity index (χ1v) is 24.3. The zero-order valence-corrected chi connectivity index (χ0v) is 37.6. The number of allylic oxidation sites excluding steroid dienone is 6. The highest BCUT2D eigenvalue weighted by atomic mass is 31.2. The number of aliphatic carboxylic acids is 1. The normalized spacial score (nSPS) is 14.7. The van der Waals surface area contributed by atoms with Gasteiger partial charge in [0.1, 0.15) is 12.6 Å². The van der Waals surface area contributed by atoms with Crippen LogP contribution < -0.4 is 5.73 Å². The molecule has 5 N–H and O–H groups in total. The van der Waals surface area contributed by atoms with Crippen molar-refractivity contribution in [3.05, 3.63) is 48.6 Å². The Hall–Kier alpha value is -2.60. The zero-order valence-electron chi connectivity index (χ0n) is 36.7. The fourth-order valence-electron chi connectivity index (χ4n) is 6.02. The maximum atomic E-state index is 12.6. The number of nitrogens with two attached hydrogens (primary N) is 1. The molecule has 0 aliphatic heterocycles. The van der Waals surface area contributed by atoms with E-state index in [1.807, 2.05) is 36.5 Å². The molecule has 0 bridgehead atoms. The van der Waals surface area contributed by atoms with Gasteiger partial charge in [-0.05, 0) is 44.9 Å². The molecule has 0 aromatic heterocycles. The lowest BCUT2D eigenvalue weighted by Gasteiger charge is -2.20. The SMILES string of the molecule is CCCCC/C=C\C[C@@H](O)/C=C/C=C\C/C=C\CCCC(=O)OC[C@H](COP(=O)(O)OC[C@H](N)C(=O)O)OC(=O)CCCCCCCCCCCCCCCCCCC. The van der Waals surface area contributed by atoms with E-state index in [0.717, 1.165) is 25.7 Å². The topological polar surface area (TPSA) is 192 Å². The van der Waals surface area contributed by atoms with Crippen LogP contribution >= 0.6 is 7.82 Å². The maximum Gasteiger partial charge on any atom is 0.472 e. The molecule has 0 aromatic rings. The van der Waals surface area contributed by atoms with Crippen LogP contribution in [0.4, 0.5) is 0 Å². The summed E-state index contributed by atoms with van der Waals surface area (Å²) >= 11 is 0. The molecule has 0 fully saturated rings. The van der Waals surface area contributed by atoms with Gasteiger partial charge in [0.05, 0.1) is 19.3 Å². The number of phosphoric acid groups is 1. The molecule has 0 rings (SSSR count). The van der Waals surface area contributed by atoms with Crippen LogP contribution in [-0.4, -0.2) is 71.1 Å². The molecule has 0 heterocycles. The molecule has 0 spiro atoms. The third-order valence-electron chi connectivity index (χ3n) is 9.66. The number of unbranched alkanes of at least 4 members (excludes halogenated alkanes) is 20. The van der Waals surface area contributed by atoms with E-state index in [1.165, 1.54) is 103 Å². The molecule has 0 radical (unpaired) electrons. The number of carboxylic acid groups (broad SMARTS) is 1. The summed E-state index contributed by atoms with van der Waals surface area (Å²) in [4.78, 5) is 46.0. The van der Waals surface area contributed by atoms with Crippen molar-refractivity contribution in [2.75, 3.05) is 19.8 Å². The van der Waals surface area contributed by atoms with E-state index < -0.39 is 63.8 Å². The lowest BCUT2D eigenvalue weighted by molar-refractivity contribution is -0.161. The molecule has 0 amide bonds. The minimum atomic E-state index is -4.74. The minimum absolute atomic E-state index is 0.114. The second-order valence-electron chi connectivity index (χ2n) is 15.4. The Morgan fingerprint density at radius 3 is 1.71 bits per heavy atom. The van der Waals surface area contributed by atoms with Gasteiger partial charge >= 0.3 is 25.7 Å². The van der Waals surface area contributed by atoms with Crippen molar-refractivity contribution >= 4 is 25.7 Å². The summed E-state index contributed by atoms with van der Waals surface area (Å²) in [6.45, 7) is 2.65. The number of phosphoric ester groups is 1. The molecule has 342 valence electrons. The van der Waals surface area contributed by atoms with Crippen molar-refractivity contribution in [2.45, 2.75) is 205 Å². The number of ether oxygens (including phenoxy) is 2. The molecule has 0 aromatic carbocycles. The minimum Gasteiger partial charge on any atom is -0.480 e. The monoisotopic (exact) mass is 856 g/mol. The summed E-state index contributed by atoms with van der Waals surface area (Å²) in [7, 11) is -4.74. The van der Waals surface area contributed by atoms with E-state index in [0.29, 0.717) is 32.1 Å². The van der Waals surface area contributed by atoms with Gasteiger partial charge in [0.25, 0.3) is 0 Å². The Kier molecular flexibility index (Phi) is 39.0. The first-order chi connectivity index (χ1) is 28.5. The Balaban J connectivity index is 4.47. The average molecular weight is 856 g/mol. The van der Waals surface area contributed by atoms with Gasteiger partial charge in [-0.1, -0.05) is 178 Å². The Labute approximate surface area is 357 Å². The van der Waals surface area contributed by atoms with Gasteiger partial charge in [-0.25, -0.2) is 4.57 Å². The summed E-state index contributed by atoms with van der Waals surface area (Å²) in [5, 5.41) is 18.9. The van der Waals surface area contributed by atoms with Crippen molar-refractivity contribution in [1.82, 2.24) is 0 Å². The predicted molar refractivity (Wildman–Crippen MR) is 237 cm³/mol. The van der Waals surface area contributed by atoms with E-state index in [-0.39, 0.29) is 12.8 Å². The standard InChI is InChI=1S/C46H82NO11P/c1-3-5-7-9-11-12-13-14-15-16-17-18-19-20-25-29-33-37-45(50)58-42(39-56-59(53,54)57-40-43(47)46(51)52)38-55-44(49)36-32-28-24-22-21-23-27-31-35-41(48)34-30-26-10-8-6-4-2/h22-24,26-27,30-31,35,41-43,48H,3-21,25,28-29,32-34,36-40,47H2,1-2H3,(H,51,52)(H,53,54)/b24-22-,27-23-,30-26-,35-31+/t41-,42-,43+/m1/s1. The largest absolute Gasteiger partial charge is 0.480 e. The van der Waals surface area contributed by atoms with Gasteiger partial charge in [0.15, 0.2) is 6.10 Å². The van der Waals surface area contributed by atoms with Gasteiger partial charge in [-0.2, -0.15) is 0 Å². The van der Waals surface area contributed by atoms with Crippen molar-refractivity contribution in [1.29, 1.82) is 0 Å². The molecule has 0 saturated heterocycles. The Morgan fingerprint density at radius 2 is 1.12 bits per heavy atom. The molecule has 0 saturated carbocycles. The number of hydrogen-bond acceptors (Lipinski definition) is 10. The number of carbonyl (C=O) groups excluding carboxylic acids is 2. The second-order valence-corrected chi connectivity index (χ2v) is 16.8. The van der Waals surface area contributed by atoms with Crippen LogP contribution in [-0.2, 0) is 37.5 Å². The fourth-order valence-corrected chi connectivity index (χ4v) is 6.80. The molecule has 0 aliphatic carbocycles. The molecule has 12 nitrogen and oxygen atoms in total. The van der Waals surface area contributed by atoms with Crippen LogP contribution in [0, 0.1) is 0 Å². The van der Waals surface area contributed by atoms with E-state index in [9.17, 15) is 28.9 Å². The first-order valence-electron chi connectivity index (χ1n) is 22.8. The van der Waals surface area contributed by atoms with Crippen molar-refractivity contribution in [3.63, 3.8) is 0 Å². The van der Waals surface area contributed by atoms with Gasteiger partial charge in [-0.15, -0.1) is 0 Å². The van der Waals surface area contributed by atoms with Crippen LogP contribution in [0.25, 0.3) is 0 Å². The highest BCUT2D eigenvalue weighted by Crippen LogP contribution is 2.43. The number of rotatable bonds is 42. The number of carboxylic acids is 1. The van der Waals surface area contributed by atoms with Gasteiger partial charge in [0.2, 0.25) is 0 Å². The van der Waals surface area contributed by atoms with E-state index >= 15 is 0 Å². The van der Waals surface area contributed by atoms with Gasteiger partial charge < -0.3 is 30.3 Å². The van der Waals surface area contributed by atoms with Crippen LogP contribution in [0.1, 0.15) is 187 Å². The highest BCUT2D eigenvalue weighted by molar-refractivity contribution is 7.47. The summed E-state index contributed by atoms with van der Waals surface area (Å²) in [6, 6.07) is -1.54. The first kappa shape index (κ1) is 56.4. The van der Waals surface area contributed by atoms with E-state index in [1.54, 1.807) is 6.08 Å². The predicted octanol–water partition coefficient (Wildman–Crippen LogP) is 11.1. The third-order valence-corrected chi connectivity index (χ3v) is 10.6. The summed E-state index contributed by atoms with van der Waals surface area (Å²) in [5.41, 5.74) is 5.33. The number of carbonyl (C=O) groups is 3. The molecular weight excluding hydrogens is 773 g/mol. The number of aliphatic hydroxyl groups is 1.